The summed E-state index contributed by atoms with van der Waals surface area (Å²) in [7, 11) is 0. The highest BCUT2D eigenvalue weighted by Crippen LogP contribution is 2.31. The van der Waals surface area contributed by atoms with Crippen molar-refractivity contribution in [1.29, 1.82) is 0 Å². The van der Waals surface area contributed by atoms with Gasteiger partial charge in [-0.15, -0.1) is 0 Å². The highest BCUT2D eigenvalue weighted by atomic mass is 16.6. The molecule has 136 valence electrons. The minimum absolute atomic E-state index is 0.0173. The molecule has 0 amide bonds. The maximum absolute atomic E-state index is 12.3. The summed E-state index contributed by atoms with van der Waals surface area (Å²) in [6.07, 6.45) is 0. The van der Waals surface area contributed by atoms with Crippen LogP contribution in [0.25, 0.3) is 10.8 Å². The number of ketones is 1. The summed E-state index contributed by atoms with van der Waals surface area (Å²) >= 11 is 0. The van der Waals surface area contributed by atoms with E-state index in [-0.39, 0.29) is 17.1 Å². The quantitative estimate of drug-likeness (QED) is 0.565. The molecule has 0 aromatic heterocycles. The average Bonchev–Trinajstić information content (AvgIpc) is 2.70. The summed E-state index contributed by atoms with van der Waals surface area (Å²) in [5.74, 6) is -0.253. The SMILES string of the molecule is O=C(COC(=O)c1cc2ccccc2cc1O)c1ccc2c(c1)OCCO2. The summed E-state index contributed by atoms with van der Waals surface area (Å²) in [6, 6.07) is 15.2. The fourth-order valence-corrected chi connectivity index (χ4v) is 2.90. The molecule has 3 aromatic carbocycles. The van der Waals surface area contributed by atoms with Gasteiger partial charge in [0.25, 0.3) is 0 Å². The Bertz CT molecular complexity index is 1040. The molecule has 1 N–H and O–H groups in total. The zero-order valence-electron chi connectivity index (χ0n) is 14.3. The maximum Gasteiger partial charge on any atom is 0.342 e. The molecule has 0 aliphatic carbocycles. The van der Waals surface area contributed by atoms with Gasteiger partial charge in [-0.05, 0) is 41.1 Å². The van der Waals surface area contributed by atoms with Gasteiger partial charge in [0.15, 0.2) is 23.9 Å². The van der Waals surface area contributed by atoms with Crippen LogP contribution < -0.4 is 9.47 Å². The van der Waals surface area contributed by atoms with Gasteiger partial charge in [0.1, 0.15) is 24.5 Å². The van der Waals surface area contributed by atoms with Crippen LogP contribution in [0, 0.1) is 0 Å². The standard InChI is InChI=1S/C21H16O6/c22-17-10-14-4-2-1-3-13(14)9-16(17)21(24)27-12-18(23)15-5-6-19-20(11-15)26-8-7-25-19/h1-6,9-11,22H,7-8,12H2. The van der Waals surface area contributed by atoms with Gasteiger partial charge in [0, 0.05) is 5.56 Å². The highest BCUT2D eigenvalue weighted by molar-refractivity contribution is 6.02. The number of esters is 1. The molecular weight excluding hydrogens is 348 g/mol. The van der Waals surface area contributed by atoms with Gasteiger partial charge in [-0.3, -0.25) is 4.79 Å². The third-order valence-electron chi connectivity index (χ3n) is 4.28. The van der Waals surface area contributed by atoms with Gasteiger partial charge in [-0.1, -0.05) is 24.3 Å². The molecule has 3 aromatic rings. The number of aromatic hydroxyl groups is 1. The molecule has 1 aliphatic heterocycles. The molecule has 0 saturated carbocycles. The van der Waals surface area contributed by atoms with Crippen molar-refractivity contribution in [2.75, 3.05) is 19.8 Å². The summed E-state index contributed by atoms with van der Waals surface area (Å²) in [4.78, 5) is 24.6. The van der Waals surface area contributed by atoms with E-state index in [2.05, 4.69) is 0 Å². The largest absolute Gasteiger partial charge is 0.507 e. The Labute approximate surface area is 154 Å². The maximum atomic E-state index is 12.3. The number of fused-ring (bicyclic) bond motifs is 2. The Balaban J connectivity index is 1.47. The molecule has 27 heavy (non-hydrogen) atoms. The lowest BCUT2D eigenvalue weighted by atomic mass is 10.1. The first-order valence-corrected chi connectivity index (χ1v) is 8.43. The summed E-state index contributed by atoms with van der Waals surface area (Å²) in [6.45, 7) is 0.443. The molecule has 1 aliphatic rings. The molecule has 0 atom stereocenters. The second kappa shape index (κ2) is 6.99. The predicted molar refractivity (Wildman–Crippen MR) is 97.7 cm³/mol. The van der Waals surface area contributed by atoms with Crippen molar-refractivity contribution < 1.29 is 28.9 Å². The molecular formula is C21H16O6. The number of phenols is 1. The third-order valence-corrected chi connectivity index (χ3v) is 4.28. The van der Waals surface area contributed by atoms with Crippen molar-refractivity contribution >= 4 is 22.5 Å². The summed E-state index contributed by atoms with van der Waals surface area (Å²) in [5, 5.41) is 11.7. The molecule has 0 spiro atoms. The molecule has 0 fully saturated rings. The molecule has 0 radical (unpaired) electrons. The van der Waals surface area contributed by atoms with Crippen LogP contribution in [-0.2, 0) is 4.74 Å². The number of hydrogen-bond acceptors (Lipinski definition) is 6. The molecule has 0 saturated heterocycles. The minimum Gasteiger partial charge on any atom is -0.507 e. The molecule has 6 nitrogen and oxygen atoms in total. The average molecular weight is 364 g/mol. The molecule has 6 heteroatoms. The number of carbonyl (C=O) groups is 2. The lowest BCUT2D eigenvalue weighted by Gasteiger charge is -2.18. The van der Waals surface area contributed by atoms with Gasteiger partial charge in [0.2, 0.25) is 0 Å². The third kappa shape index (κ3) is 3.42. The van der Waals surface area contributed by atoms with E-state index < -0.39 is 12.6 Å². The van der Waals surface area contributed by atoms with Crippen LogP contribution in [0.3, 0.4) is 0 Å². The van der Waals surface area contributed by atoms with Gasteiger partial charge in [-0.2, -0.15) is 0 Å². The van der Waals surface area contributed by atoms with Crippen LogP contribution in [-0.4, -0.2) is 36.7 Å². The minimum atomic E-state index is -0.760. The fourth-order valence-electron chi connectivity index (χ4n) is 2.90. The smallest absolute Gasteiger partial charge is 0.342 e. The van der Waals surface area contributed by atoms with Gasteiger partial charge >= 0.3 is 5.97 Å². The lowest BCUT2D eigenvalue weighted by Crippen LogP contribution is -2.17. The Hall–Kier alpha value is -3.54. The lowest BCUT2D eigenvalue weighted by molar-refractivity contribution is 0.0472. The number of Topliss-reactive ketones (excluding diaryl/α,β-unsaturated/α-hetero) is 1. The Morgan fingerprint density at radius 1 is 0.926 bits per heavy atom. The van der Waals surface area contributed by atoms with Crippen LogP contribution in [0.1, 0.15) is 20.7 Å². The van der Waals surface area contributed by atoms with Crippen LogP contribution in [0.2, 0.25) is 0 Å². The number of rotatable bonds is 4. The van der Waals surface area contributed by atoms with Crippen molar-refractivity contribution in [2.45, 2.75) is 0 Å². The number of benzene rings is 3. The first-order chi connectivity index (χ1) is 13.1. The van der Waals surface area contributed by atoms with E-state index in [9.17, 15) is 14.7 Å². The number of ether oxygens (including phenoxy) is 3. The van der Waals surface area contributed by atoms with Crippen molar-refractivity contribution in [3.63, 3.8) is 0 Å². The first-order valence-electron chi connectivity index (χ1n) is 8.43. The van der Waals surface area contributed by atoms with Crippen LogP contribution in [0.5, 0.6) is 17.2 Å². The van der Waals surface area contributed by atoms with Crippen LogP contribution in [0.4, 0.5) is 0 Å². The van der Waals surface area contributed by atoms with E-state index in [0.29, 0.717) is 30.3 Å². The Kier molecular flexibility index (Phi) is 4.38. The van der Waals surface area contributed by atoms with Gasteiger partial charge in [-0.25, -0.2) is 4.79 Å². The van der Waals surface area contributed by atoms with Crippen molar-refractivity contribution in [1.82, 2.24) is 0 Å². The summed E-state index contributed by atoms with van der Waals surface area (Å²) < 4.78 is 16.0. The Morgan fingerprint density at radius 3 is 2.41 bits per heavy atom. The highest BCUT2D eigenvalue weighted by Gasteiger charge is 2.18. The van der Waals surface area contributed by atoms with E-state index in [1.165, 1.54) is 6.07 Å². The number of phenolic OH excluding ortho intramolecular Hbond substituents is 1. The van der Waals surface area contributed by atoms with Crippen molar-refractivity contribution in [3.05, 3.63) is 65.7 Å². The van der Waals surface area contributed by atoms with Crippen molar-refractivity contribution in [3.8, 4) is 17.2 Å². The number of carbonyl (C=O) groups excluding carboxylic acids is 2. The van der Waals surface area contributed by atoms with E-state index in [1.54, 1.807) is 24.3 Å². The second-order valence-corrected chi connectivity index (χ2v) is 6.07. The summed E-state index contributed by atoms with van der Waals surface area (Å²) in [5.41, 5.74) is 0.374. The fraction of sp³-hybridized carbons (Fsp3) is 0.143. The first kappa shape index (κ1) is 16.9. The normalized spacial score (nSPS) is 12.6. The van der Waals surface area contributed by atoms with Crippen LogP contribution in [0.15, 0.2) is 54.6 Å². The van der Waals surface area contributed by atoms with Gasteiger partial charge < -0.3 is 19.3 Å². The molecule has 4 rings (SSSR count). The van der Waals surface area contributed by atoms with Crippen LogP contribution >= 0.6 is 0 Å². The monoisotopic (exact) mass is 364 g/mol. The molecule has 0 bridgehead atoms. The topological polar surface area (TPSA) is 82.1 Å². The molecule has 0 unspecified atom stereocenters. The van der Waals surface area contributed by atoms with E-state index >= 15 is 0 Å². The second-order valence-electron chi connectivity index (χ2n) is 6.07. The van der Waals surface area contributed by atoms with Gasteiger partial charge in [0.05, 0.1) is 0 Å². The zero-order chi connectivity index (χ0) is 18.8. The zero-order valence-corrected chi connectivity index (χ0v) is 14.3. The van der Waals surface area contributed by atoms with E-state index in [1.807, 2.05) is 24.3 Å². The molecule has 1 heterocycles. The van der Waals surface area contributed by atoms with E-state index in [4.69, 9.17) is 14.2 Å². The predicted octanol–water partition coefficient (Wildman–Crippen LogP) is 3.36. The van der Waals surface area contributed by atoms with Crippen molar-refractivity contribution in [2.24, 2.45) is 0 Å². The number of hydrogen-bond donors (Lipinski definition) is 1. The van der Waals surface area contributed by atoms with E-state index in [0.717, 1.165) is 10.8 Å². The Morgan fingerprint density at radius 2 is 1.63 bits per heavy atom.